The normalized spacial score (nSPS) is 22.6. The Labute approximate surface area is 120 Å². The summed E-state index contributed by atoms with van der Waals surface area (Å²) < 4.78 is 2.42. The topological polar surface area (TPSA) is 29.9 Å². The molecule has 0 bridgehead atoms. The largest absolute Gasteiger partial charge is 0.353 e. The highest BCUT2D eigenvalue weighted by Crippen LogP contribution is 2.31. The van der Waals surface area contributed by atoms with Crippen LogP contribution < -0.4 is 5.32 Å². The first-order valence-electron chi connectivity index (χ1n) is 7.72. The predicted molar refractivity (Wildman–Crippen MR) is 83.1 cm³/mol. The first-order chi connectivity index (χ1) is 9.33. The summed E-state index contributed by atoms with van der Waals surface area (Å²) in [6, 6.07) is 1.31. The predicted octanol–water partition coefficient (Wildman–Crippen LogP) is 4.00. The van der Waals surface area contributed by atoms with E-state index in [0.29, 0.717) is 12.1 Å². The number of hydrogen-bond donors (Lipinski definition) is 1. The summed E-state index contributed by atoms with van der Waals surface area (Å²) in [5, 5.41) is 3.71. The average Bonchev–Trinajstić information content (AvgIpc) is 2.82. The van der Waals surface area contributed by atoms with Crippen LogP contribution in [0.2, 0.25) is 0 Å². The molecule has 0 unspecified atom stereocenters. The maximum absolute atomic E-state index is 4.72. The summed E-state index contributed by atoms with van der Waals surface area (Å²) in [5.41, 5.74) is 1.15. The summed E-state index contributed by atoms with van der Waals surface area (Å²) in [5.74, 6) is 3.72. The second kappa shape index (κ2) is 6.21. The molecule has 1 aromatic heterocycles. The lowest BCUT2D eigenvalue weighted by molar-refractivity contribution is 0.444. The number of rotatable bonds is 3. The highest BCUT2D eigenvalue weighted by Gasteiger charge is 2.21. The van der Waals surface area contributed by atoms with Gasteiger partial charge in [0.25, 0.3) is 0 Å². The number of aryl methyl sites for hydroxylation is 1. The molecule has 0 radical (unpaired) electrons. The number of anilines is 1. The highest BCUT2D eigenvalue weighted by molar-refractivity contribution is 7.99. The van der Waals surface area contributed by atoms with Gasteiger partial charge in [-0.15, -0.1) is 0 Å². The summed E-state index contributed by atoms with van der Waals surface area (Å²) in [6.07, 6.45) is 11.6. The van der Waals surface area contributed by atoms with Crippen molar-refractivity contribution in [3.05, 3.63) is 11.9 Å². The third-order valence-electron chi connectivity index (χ3n) is 4.38. The molecule has 3 rings (SSSR count). The second-order valence-electron chi connectivity index (χ2n) is 5.94. The van der Waals surface area contributed by atoms with E-state index in [1.807, 2.05) is 0 Å². The van der Waals surface area contributed by atoms with Crippen molar-refractivity contribution in [2.75, 3.05) is 16.8 Å². The average molecular weight is 279 g/mol. The van der Waals surface area contributed by atoms with Gasteiger partial charge >= 0.3 is 0 Å². The molecule has 3 nitrogen and oxygen atoms in total. The van der Waals surface area contributed by atoms with Gasteiger partial charge in [0.1, 0.15) is 0 Å². The van der Waals surface area contributed by atoms with Crippen molar-refractivity contribution in [3.8, 4) is 0 Å². The Morgan fingerprint density at radius 3 is 2.63 bits per heavy atom. The molecule has 19 heavy (non-hydrogen) atoms. The number of hydrogen-bond acceptors (Lipinski definition) is 3. The Kier molecular flexibility index (Phi) is 4.36. The molecule has 0 atom stereocenters. The molecule has 1 saturated carbocycles. The summed E-state index contributed by atoms with van der Waals surface area (Å²) in [6.45, 7) is 2.11. The maximum Gasteiger partial charge on any atom is 0.203 e. The van der Waals surface area contributed by atoms with E-state index < -0.39 is 0 Å². The van der Waals surface area contributed by atoms with Gasteiger partial charge in [-0.05, 0) is 44.1 Å². The Morgan fingerprint density at radius 1 is 1.16 bits per heavy atom. The van der Waals surface area contributed by atoms with Crippen LogP contribution in [0.4, 0.5) is 5.95 Å². The standard InChI is InChI=1S/C15H25N3S/c1-12-11-18(14-7-9-19-10-8-14)15(16-12)17-13-5-3-2-4-6-13/h11,13-14H,2-10H2,1H3,(H,16,17). The molecule has 1 aliphatic carbocycles. The minimum absolute atomic E-state index is 0.646. The molecular formula is C15H25N3S. The number of nitrogens with zero attached hydrogens (tertiary/aromatic N) is 2. The zero-order chi connectivity index (χ0) is 13.1. The zero-order valence-corrected chi connectivity index (χ0v) is 12.7. The van der Waals surface area contributed by atoms with Crippen LogP contribution >= 0.6 is 11.8 Å². The Bertz CT molecular complexity index is 404. The maximum atomic E-state index is 4.72. The van der Waals surface area contributed by atoms with Gasteiger partial charge in [0, 0.05) is 18.3 Å². The first-order valence-corrected chi connectivity index (χ1v) is 8.88. The molecule has 0 spiro atoms. The van der Waals surface area contributed by atoms with Gasteiger partial charge in [0.05, 0.1) is 5.69 Å². The highest BCUT2D eigenvalue weighted by atomic mass is 32.2. The second-order valence-corrected chi connectivity index (χ2v) is 7.16. The van der Waals surface area contributed by atoms with Gasteiger partial charge in [-0.3, -0.25) is 0 Å². The third-order valence-corrected chi connectivity index (χ3v) is 5.42. The Hall–Kier alpha value is -0.640. The van der Waals surface area contributed by atoms with Crippen molar-refractivity contribution < 1.29 is 0 Å². The van der Waals surface area contributed by atoms with Crippen LogP contribution in [0.5, 0.6) is 0 Å². The molecule has 1 aliphatic heterocycles. The Balaban J connectivity index is 1.72. The van der Waals surface area contributed by atoms with Gasteiger partial charge < -0.3 is 9.88 Å². The number of thioether (sulfide) groups is 1. The molecule has 2 aliphatic rings. The van der Waals surface area contributed by atoms with Crippen LogP contribution in [0, 0.1) is 6.92 Å². The Morgan fingerprint density at radius 2 is 1.89 bits per heavy atom. The van der Waals surface area contributed by atoms with Gasteiger partial charge in [-0.1, -0.05) is 19.3 Å². The fourth-order valence-electron chi connectivity index (χ4n) is 3.29. The lowest BCUT2D eigenvalue weighted by atomic mass is 9.96. The molecule has 1 saturated heterocycles. The zero-order valence-electron chi connectivity index (χ0n) is 11.9. The molecule has 0 aromatic carbocycles. The van der Waals surface area contributed by atoms with Crippen LogP contribution in [0.15, 0.2) is 6.20 Å². The minimum Gasteiger partial charge on any atom is -0.353 e. The van der Waals surface area contributed by atoms with Crippen molar-refractivity contribution in [3.63, 3.8) is 0 Å². The van der Waals surface area contributed by atoms with E-state index in [-0.39, 0.29) is 0 Å². The first kappa shape index (κ1) is 13.3. The third kappa shape index (κ3) is 3.28. The summed E-state index contributed by atoms with van der Waals surface area (Å²) in [4.78, 5) is 4.72. The van der Waals surface area contributed by atoms with Crippen molar-refractivity contribution in [1.29, 1.82) is 0 Å². The number of aromatic nitrogens is 2. The van der Waals surface area contributed by atoms with E-state index in [9.17, 15) is 0 Å². The van der Waals surface area contributed by atoms with Crippen LogP contribution in [0.3, 0.4) is 0 Å². The van der Waals surface area contributed by atoms with Gasteiger partial charge in [-0.2, -0.15) is 11.8 Å². The quantitative estimate of drug-likeness (QED) is 0.907. The molecule has 2 heterocycles. The molecular weight excluding hydrogens is 254 g/mol. The molecule has 106 valence electrons. The summed E-state index contributed by atoms with van der Waals surface area (Å²) in [7, 11) is 0. The number of nitrogens with one attached hydrogen (secondary N) is 1. The monoisotopic (exact) mass is 279 g/mol. The fraction of sp³-hybridized carbons (Fsp3) is 0.800. The van der Waals surface area contributed by atoms with E-state index in [0.717, 1.165) is 11.6 Å². The lowest BCUT2D eigenvalue weighted by Gasteiger charge is -2.27. The van der Waals surface area contributed by atoms with E-state index in [2.05, 4.69) is 34.8 Å². The van der Waals surface area contributed by atoms with E-state index >= 15 is 0 Å². The van der Waals surface area contributed by atoms with Crippen molar-refractivity contribution in [2.45, 2.75) is 64.0 Å². The minimum atomic E-state index is 0.646. The van der Waals surface area contributed by atoms with Crippen LogP contribution in [0.1, 0.15) is 56.7 Å². The van der Waals surface area contributed by atoms with E-state index in [4.69, 9.17) is 4.98 Å². The fourth-order valence-corrected chi connectivity index (χ4v) is 4.38. The van der Waals surface area contributed by atoms with Crippen molar-refractivity contribution >= 4 is 17.7 Å². The van der Waals surface area contributed by atoms with Crippen molar-refractivity contribution in [1.82, 2.24) is 9.55 Å². The van der Waals surface area contributed by atoms with Gasteiger partial charge in [-0.25, -0.2) is 4.98 Å². The summed E-state index contributed by atoms with van der Waals surface area (Å²) >= 11 is 2.09. The van der Waals surface area contributed by atoms with Crippen LogP contribution in [-0.4, -0.2) is 27.1 Å². The van der Waals surface area contributed by atoms with E-state index in [1.54, 1.807) is 0 Å². The van der Waals surface area contributed by atoms with Gasteiger partial charge in [0.15, 0.2) is 0 Å². The molecule has 1 aromatic rings. The molecule has 0 amide bonds. The van der Waals surface area contributed by atoms with Gasteiger partial charge in [0.2, 0.25) is 5.95 Å². The SMILES string of the molecule is Cc1cn(C2CCSCC2)c(NC2CCCCC2)n1. The number of imidazole rings is 1. The van der Waals surface area contributed by atoms with E-state index in [1.165, 1.54) is 56.5 Å². The lowest BCUT2D eigenvalue weighted by Crippen LogP contribution is -2.26. The van der Waals surface area contributed by atoms with Crippen LogP contribution in [-0.2, 0) is 0 Å². The molecule has 4 heteroatoms. The smallest absolute Gasteiger partial charge is 0.203 e. The van der Waals surface area contributed by atoms with Crippen LogP contribution in [0.25, 0.3) is 0 Å². The molecule has 1 N–H and O–H groups in total. The van der Waals surface area contributed by atoms with Crippen molar-refractivity contribution in [2.24, 2.45) is 0 Å². The molecule has 2 fully saturated rings.